The lowest BCUT2D eigenvalue weighted by molar-refractivity contribution is -0.00126. The normalized spacial score (nSPS) is 28.5. The lowest BCUT2D eigenvalue weighted by Crippen LogP contribution is -2.46. The van der Waals surface area contributed by atoms with Crippen LogP contribution in [0.2, 0.25) is 0 Å². The average molecular weight is 432 g/mol. The highest BCUT2D eigenvalue weighted by Crippen LogP contribution is 2.48. The van der Waals surface area contributed by atoms with E-state index in [4.69, 9.17) is 9.47 Å². The molecule has 0 aromatic carbocycles. The van der Waals surface area contributed by atoms with E-state index in [1.54, 1.807) is 17.7 Å². The van der Waals surface area contributed by atoms with Gasteiger partial charge < -0.3 is 14.6 Å². The molecule has 0 bridgehead atoms. The van der Waals surface area contributed by atoms with Gasteiger partial charge in [-0.2, -0.15) is 0 Å². The van der Waals surface area contributed by atoms with Crippen LogP contribution in [0.5, 0.6) is 5.88 Å². The van der Waals surface area contributed by atoms with E-state index in [1.165, 1.54) is 23.3 Å². The third-order valence-electron chi connectivity index (χ3n) is 7.21. The highest BCUT2D eigenvalue weighted by Gasteiger charge is 2.33. The summed E-state index contributed by atoms with van der Waals surface area (Å²) >= 11 is 1.79. The summed E-state index contributed by atoms with van der Waals surface area (Å²) < 4.78 is 12.0. The number of hydrogen-bond donors (Lipinski definition) is 1. The van der Waals surface area contributed by atoms with Crippen molar-refractivity contribution in [3.63, 3.8) is 0 Å². The number of morpholine rings is 1. The third kappa shape index (κ3) is 4.09. The molecule has 2 aromatic rings. The first kappa shape index (κ1) is 20.6. The summed E-state index contributed by atoms with van der Waals surface area (Å²) in [5.74, 6) is 1.17. The number of aromatic nitrogens is 2. The topological polar surface area (TPSA) is 67.7 Å². The highest BCUT2D eigenvalue weighted by atomic mass is 32.1. The number of nitrogens with zero attached hydrogens (tertiary/aromatic N) is 3. The standard InChI is InChI=1S/C23H33N3O3S/c1-2-17(27)13-15-3-8-19-20(15)21-22(24-14-25-23(21)30-19)29-18-6-4-16(5-7-18)26-9-11-28-12-10-26/h14-18,27H,2-13H2,1H3/t15-,16-,17-,18-/m1/s1. The molecule has 0 amide bonds. The van der Waals surface area contributed by atoms with Crippen LogP contribution in [-0.2, 0) is 11.2 Å². The van der Waals surface area contributed by atoms with Gasteiger partial charge in [-0.1, -0.05) is 6.92 Å². The Morgan fingerprint density at radius 3 is 2.77 bits per heavy atom. The maximum atomic E-state index is 10.2. The minimum Gasteiger partial charge on any atom is -0.474 e. The number of thiophene rings is 1. The molecule has 2 aromatic heterocycles. The van der Waals surface area contributed by atoms with E-state index < -0.39 is 0 Å². The van der Waals surface area contributed by atoms with E-state index in [0.717, 1.165) is 80.9 Å². The Bertz CT molecular complexity index is 859. The van der Waals surface area contributed by atoms with Crippen molar-refractivity contribution < 1.29 is 14.6 Å². The van der Waals surface area contributed by atoms with Crippen LogP contribution in [0.15, 0.2) is 6.33 Å². The molecule has 164 valence electrons. The van der Waals surface area contributed by atoms with Gasteiger partial charge in [-0.25, -0.2) is 9.97 Å². The van der Waals surface area contributed by atoms with Crippen LogP contribution in [0.1, 0.15) is 68.2 Å². The second-order valence-electron chi connectivity index (χ2n) is 9.03. The van der Waals surface area contributed by atoms with Gasteiger partial charge in [-0.05, 0) is 62.8 Å². The van der Waals surface area contributed by atoms with E-state index in [9.17, 15) is 5.11 Å². The van der Waals surface area contributed by atoms with Crippen LogP contribution in [0, 0.1) is 0 Å². The summed E-state index contributed by atoms with van der Waals surface area (Å²) in [5.41, 5.74) is 1.36. The molecule has 1 saturated carbocycles. The molecule has 0 radical (unpaired) electrons. The fourth-order valence-electron chi connectivity index (χ4n) is 5.49. The van der Waals surface area contributed by atoms with Crippen molar-refractivity contribution in [1.82, 2.24) is 14.9 Å². The van der Waals surface area contributed by atoms with E-state index in [2.05, 4.69) is 21.8 Å². The summed E-state index contributed by atoms with van der Waals surface area (Å²) in [6.45, 7) is 5.92. The van der Waals surface area contributed by atoms with Gasteiger partial charge in [0.05, 0.1) is 24.7 Å². The molecule has 5 rings (SSSR count). The smallest absolute Gasteiger partial charge is 0.225 e. The zero-order chi connectivity index (χ0) is 20.5. The summed E-state index contributed by atoms with van der Waals surface area (Å²) in [6, 6.07) is 0.671. The number of aryl methyl sites for hydroxylation is 1. The molecule has 3 heterocycles. The van der Waals surface area contributed by atoms with Gasteiger partial charge in [-0.3, -0.25) is 4.90 Å². The Morgan fingerprint density at radius 2 is 2.00 bits per heavy atom. The SMILES string of the molecule is CC[C@@H](O)C[C@H]1CCc2sc3ncnc(O[C@H]4CC[C@H](N5CCOCC5)CC4)c3c21. The molecule has 2 atom stereocenters. The van der Waals surface area contributed by atoms with Crippen molar-refractivity contribution in [1.29, 1.82) is 0 Å². The Hall–Kier alpha value is -1.28. The van der Waals surface area contributed by atoms with Gasteiger partial charge in [0.1, 0.15) is 17.3 Å². The first-order valence-electron chi connectivity index (χ1n) is 11.7. The van der Waals surface area contributed by atoms with Gasteiger partial charge in [0.15, 0.2) is 0 Å². The molecule has 0 spiro atoms. The van der Waals surface area contributed by atoms with Crippen molar-refractivity contribution in [3.8, 4) is 5.88 Å². The monoisotopic (exact) mass is 431 g/mol. The van der Waals surface area contributed by atoms with Gasteiger partial charge in [0.2, 0.25) is 5.88 Å². The molecule has 2 fully saturated rings. The number of fused-ring (bicyclic) bond motifs is 3. The third-order valence-corrected chi connectivity index (χ3v) is 8.38. The molecule has 1 aliphatic heterocycles. The summed E-state index contributed by atoms with van der Waals surface area (Å²) in [6.07, 6.45) is 10.0. The van der Waals surface area contributed by atoms with E-state index in [0.29, 0.717) is 12.0 Å². The fourth-order valence-corrected chi connectivity index (χ4v) is 6.72. The minimum atomic E-state index is -0.236. The average Bonchev–Trinajstić information content (AvgIpc) is 3.35. The van der Waals surface area contributed by atoms with Crippen molar-refractivity contribution in [3.05, 3.63) is 16.8 Å². The second-order valence-corrected chi connectivity index (χ2v) is 10.1. The second kappa shape index (κ2) is 9.07. The van der Waals surface area contributed by atoms with Crippen molar-refractivity contribution >= 4 is 21.6 Å². The largest absolute Gasteiger partial charge is 0.474 e. The predicted molar refractivity (Wildman–Crippen MR) is 118 cm³/mol. The Labute approximate surface area is 182 Å². The molecule has 0 unspecified atom stereocenters. The van der Waals surface area contributed by atoms with Crippen LogP contribution in [-0.4, -0.2) is 64.5 Å². The molecule has 2 aliphatic carbocycles. The zero-order valence-corrected chi connectivity index (χ0v) is 18.7. The molecule has 7 heteroatoms. The van der Waals surface area contributed by atoms with E-state index in [1.807, 2.05) is 0 Å². The predicted octanol–water partition coefficient (Wildman–Crippen LogP) is 3.90. The molecule has 6 nitrogen and oxygen atoms in total. The van der Waals surface area contributed by atoms with Gasteiger partial charge in [-0.15, -0.1) is 11.3 Å². The Kier molecular flexibility index (Phi) is 6.23. The minimum absolute atomic E-state index is 0.233. The lowest BCUT2D eigenvalue weighted by Gasteiger charge is -2.38. The summed E-state index contributed by atoms with van der Waals surface area (Å²) in [4.78, 5) is 14.2. The van der Waals surface area contributed by atoms with Crippen LogP contribution in [0.4, 0.5) is 0 Å². The van der Waals surface area contributed by atoms with Crippen LogP contribution in [0.3, 0.4) is 0 Å². The van der Waals surface area contributed by atoms with E-state index in [-0.39, 0.29) is 12.2 Å². The molecule has 1 N–H and O–H groups in total. The zero-order valence-electron chi connectivity index (χ0n) is 17.9. The quantitative estimate of drug-likeness (QED) is 0.748. The number of aliphatic hydroxyl groups excluding tert-OH is 1. The van der Waals surface area contributed by atoms with Crippen molar-refractivity contribution in [2.45, 2.75) is 82.5 Å². The highest BCUT2D eigenvalue weighted by molar-refractivity contribution is 7.19. The van der Waals surface area contributed by atoms with E-state index >= 15 is 0 Å². The molecule has 30 heavy (non-hydrogen) atoms. The first-order valence-corrected chi connectivity index (χ1v) is 12.5. The van der Waals surface area contributed by atoms with Gasteiger partial charge >= 0.3 is 0 Å². The first-order chi connectivity index (χ1) is 14.7. The summed E-state index contributed by atoms with van der Waals surface area (Å²) in [5, 5.41) is 11.4. The molecule has 1 saturated heterocycles. The molecular weight excluding hydrogens is 398 g/mol. The molecular formula is C23H33N3O3S. The maximum Gasteiger partial charge on any atom is 0.225 e. The van der Waals surface area contributed by atoms with Crippen molar-refractivity contribution in [2.75, 3.05) is 26.3 Å². The lowest BCUT2D eigenvalue weighted by atomic mass is 9.91. The Morgan fingerprint density at radius 1 is 1.20 bits per heavy atom. The Balaban J connectivity index is 1.31. The maximum absolute atomic E-state index is 10.2. The van der Waals surface area contributed by atoms with Gasteiger partial charge in [0, 0.05) is 24.0 Å². The fraction of sp³-hybridized carbons (Fsp3) is 0.739. The van der Waals surface area contributed by atoms with Crippen molar-refractivity contribution in [2.24, 2.45) is 0 Å². The van der Waals surface area contributed by atoms with Crippen LogP contribution in [0.25, 0.3) is 10.2 Å². The number of aliphatic hydroxyl groups is 1. The number of hydrogen-bond acceptors (Lipinski definition) is 7. The molecule has 3 aliphatic rings. The number of ether oxygens (including phenoxy) is 2. The summed E-state index contributed by atoms with van der Waals surface area (Å²) in [7, 11) is 0. The number of rotatable bonds is 6. The van der Waals surface area contributed by atoms with Gasteiger partial charge in [0.25, 0.3) is 0 Å². The van der Waals surface area contributed by atoms with Crippen LogP contribution >= 0.6 is 11.3 Å². The van der Waals surface area contributed by atoms with Crippen LogP contribution < -0.4 is 4.74 Å².